The number of aryl methyl sites for hydroxylation is 1. The molecule has 1 aliphatic carbocycles. The third-order valence-electron chi connectivity index (χ3n) is 2.61. The number of pyridine rings is 1. The van der Waals surface area contributed by atoms with Gasteiger partial charge in [-0.25, -0.2) is 4.98 Å². The van der Waals surface area contributed by atoms with Crippen molar-refractivity contribution in [3.8, 4) is 5.88 Å². The van der Waals surface area contributed by atoms with E-state index in [1.54, 1.807) is 0 Å². The van der Waals surface area contributed by atoms with E-state index in [1.807, 2.05) is 19.1 Å². The molecule has 0 aliphatic heterocycles. The molecule has 0 unspecified atom stereocenters. The third kappa shape index (κ3) is 2.08. The first-order chi connectivity index (χ1) is 6.65. The molecule has 1 saturated carbocycles. The van der Waals surface area contributed by atoms with Crippen molar-refractivity contribution in [2.24, 2.45) is 5.92 Å². The summed E-state index contributed by atoms with van der Waals surface area (Å²) >= 11 is 3.42. The topological polar surface area (TPSA) is 22.1 Å². The van der Waals surface area contributed by atoms with Crippen LogP contribution in [0, 0.1) is 12.8 Å². The second kappa shape index (κ2) is 3.89. The number of ether oxygens (including phenoxy) is 1. The Bertz CT molecular complexity index is 334. The molecule has 76 valence electrons. The minimum atomic E-state index is 0.387. The van der Waals surface area contributed by atoms with E-state index in [0.717, 1.165) is 34.8 Å². The summed E-state index contributed by atoms with van der Waals surface area (Å²) in [4.78, 5) is 4.35. The lowest BCUT2D eigenvalue weighted by atomic mass is 9.84. The smallest absolute Gasteiger partial charge is 0.213 e. The van der Waals surface area contributed by atoms with Crippen LogP contribution in [0.1, 0.15) is 25.5 Å². The molecule has 0 N–H and O–H groups in total. The van der Waals surface area contributed by atoms with E-state index < -0.39 is 0 Å². The quantitative estimate of drug-likeness (QED) is 0.809. The summed E-state index contributed by atoms with van der Waals surface area (Å²) < 4.78 is 6.76. The number of rotatable bonds is 2. The van der Waals surface area contributed by atoms with Gasteiger partial charge in [0.05, 0.1) is 5.69 Å². The zero-order valence-electron chi connectivity index (χ0n) is 8.46. The first kappa shape index (κ1) is 9.97. The normalized spacial score (nSPS) is 25.6. The number of hydrogen-bond acceptors (Lipinski definition) is 2. The van der Waals surface area contributed by atoms with E-state index in [-0.39, 0.29) is 0 Å². The zero-order chi connectivity index (χ0) is 10.1. The van der Waals surface area contributed by atoms with Gasteiger partial charge in [-0.2, -0.15) is 0 Å². The average Bonchev–Trinajstić information content (AvgIpc) is 2.09. The van der Waals surface area contributed by atoms with Crippen molar-refractivity contribution in [2.45, 2.75) is 32.8 Å². The summed E-state index contributed by atoms with van der Waals surface area (Å²) in [5.74, 6) is 1.57. The van der Waals surface area contributed by atoms with Crippen LogP contribution in [0.2, 0.25) is 0 Å². The highest BCUT2D eigenvalue weighted by Gasteiger charge is 2.27. The second-order valence-corrected chi connectivity index (χ2v) is 4.89. The Balaban J connectivity index is 2.00. The molecule has 1 aromatic heterocycles. The highest BCUT2D eigenvalue weighted by Crippen LogP contribution is 2.30. The molecule has 0 atom stereocenters. The zero-order valence-corrected chi connectivity index (χ0v) is 10.0. The Morgan fingerprint density at radius 3 is 2.71 bits per heavy atom. The maximum Gasteiger partial charge on any atom is 0.213 e. The lowest BCUT2D eigenvalue weighted by molar-refractivity contribution is 0.0694. The van der Waals surface area contributed by atoms with Crippen molar-refractivity contribution in [2.75, 3.05) is 0 Å². The molecule has 1 heterocycles. The highest BCUT2D eigenvalue weighted by atomic mass is 79.9. The molecule has 0 amide bonds. The molecule has 1 fully saturated rings. The van der Waals surface area contributed by atoms with Crippen molar-refractivity contribution >= 4 is 15.9 Å². The summed E-state index contributed by atoms with van der Waals surface area (Å²) in [6.45, 7) is 4.22. The molecule has 0 aromatic carbocycles. The minimum absolute atomic E-state index is 0.387. The largest absolute Gasteiger partial charge is 0.474 e. The van der Waals surface area contributed by atoms with E-state index in [0.29, 0.717) is 6.10 Å². The molecule has 0 bridgehead atoms. The molecule has 0 spiro atoms. The van der Waals surface area contributed by atoms with Gasteiger partial charge in [-0.15, -0.1) is 0 Å². The van der Waals surface area contributed by atoms with Gasteiger partial charge >= 0.3 is 0 Å². The number of aromatic nitrogens is 1. The number of hydrogen-bond donors (Lipinski definition) is 0. The molecular weight excluding hydrogens is 242 g/mol. The SMILES string of the molecule is Cc1nc(O[C@H]2C[C@@H](C)C2)ccc1Br. The first-order valence-electron chi connectivity index (χ1n) is 4.95. The second-order valence-electron chi connectivity index (χ2n) is 4.03. The van der Waals surface area contributed by atoms with Gasteiger partial charge in [-0.3, -0.25) is 0 Å². The van der Waals surface area contributed by atoms with Crippen LogP contribution in [-0.2, 0) is 0 Å². The third-order valence-corrected chi connectivity index (χ3v) is 3.45. The van der Waals surface area contributed by atoms with Crippen molar-refractivity contribution in [3.05, 3.63) is 22.3 Å². The van der Waals surface area contributed by atoms with E-state index in [1.165, 1.54) is 0 Å². The van der Waals surface area contributed by atoms with Crippen molar-refractivity contribution in [1.82, 2.24) is 4.98 Å². The van der Waals surface area contributed by atoms with Crippen LogP contribution in [0.5, 0.6) is 5.88 Å². The highest BCUT2D eigenvalue weighted by molar-refractivity contribution is 9.10. The Morgan fingerprint density at radius 1 is 1.43 bits per heavy atom. The van der Waals surface area contributed by atoms with Crippen LogP contribution < -0.4 is 4.74 Å². The van der Waals surface area contributed by atoms with E-state index in [4.69, 9.17) is 4.74 Å². The minimum Gasteiger partial charge on any atom is -0.474 e. The van der Waals surface area contributed by atoms with Crippen molar-refractivity contribution < 1.29 is 4.74 Å². The average molecular weight is 256 g/mol. The molecule has 0 radical (unpaired) electrons. The lowest BCUT2D eigenvalue weighted by Gasteiger charge is -2.32. The van der Waals surface area contributed by atoms with Crippen LogP contribution in [0.3, 0.4) is 0 Å². The van der Waals surface area contributed by atoms with Gasteiger partial charge in [-0.05, 0) is 47.7 Å². The van der Waals surface area contributed by atoms with Crippen molar-refractivity contribution in [3.63, 3.8) is 0 Å². The standard InChI is InChI=1S/C11H14BrNO/c1-7-5-9(6-7)14-11-4-3-10(12)8(2)13-11/h3-4,7,9H,5-6H2,1-2H3/t7-,9+. The van der Waals surface area contributed by atoms with Crippen LogP contribution in [0.4, 0.5) is 0 Å². The monoisotopic (exact) mass is 255 g/mol. The fraction of sp³-hybridized carbons (Fsp3) is 0.545. The van der Waals surface area contributed by atoms with Gasteiger partial charge in [0, 0.05) is 10.5 Å². The van der Waals surface area contributed by atoms with E-state index in [9.17, 15) is 0 Å². The molecule has 0 saturated heterocycles. The summed E-state index contributed by atoms with van der Waals surface area (Å²) in [5.41, 5.74) is 0.981. The maximum absolute atomic E-state index is 5.72. The van der Waals surface area contributed by atoms with Gasteiger partial charge in [0.1, 0.15) is 6.10 Å². The van der Waals surface area contributed by atoms with Crippen LogP contribution >= 0.6 is 15.9 Å². The van der Waals surface area contributed by atoms with E-state index in [2.05, 4.69) is 27.8 Å². The first-order valence-corrected chi connectivity index (χ1v) is 5.74. The van der Waals surface area contributed by atoms with Gasteiger partial charge in [-0.1, -0.05) is 6.92 Å². The van der Waals surface area contributed by atoms with Crippen LogP contribution in [-0.4, -0.2) is 11.1 Å². The summed E-state index contributed by atoms with van der Waals surface area (Å²) in [5, 5.41) is 0. The Kier molecular flexibility index (Phi) is 2.77. The van der Waals surface area contributed by atoms with Crippen molar-refractivity contribution in [1.29, 1.82) is 0 Å². The van der Waals surface area contributed by atoms with Gasteiger partial charge < -0.3 is 4.74 Å². The molecule has 2 rings (SSSR count). The van der Waals surface area contributed by atoms with E-state index >= 15 is 0 Å². The molecule has 3 heteroatoms. The number of nitrogens with zero attached hydrogens (tertiary/aromatic N) is 1. The molecule has 1 aliphatic rings. The van der Waals surface area contributed by atoms with Crippen LogP contribution in [0.25, 0.3) is 0 Å². The summed E-state index contributed by atoms with van der Waals surface area (Å²) in [6.07, 6.45) is 2.71. The summed E-state index contributed by atoms with van der Waals surface area (Å²) in [7, 11) is 0. The molecular formula is C11H14BrNO. The fourth-order valence-electron chi connectivity index (χ4n) is 1.68. The molecule has 14 heavy (non-hydrogen) atoms. The lowest BCUT2D eigenvalue weighted by Crippen LogP contribution is -2.32. The van der Waals surface area contributed by atoms with Gasteiger partial charge in [0.15, 0.2) is 0 Å². The molecule has 2 nitrogen and oxygen atoms in total. The molecule has 1 aromatic rings. The van der Waals surface area contributed by atoms with Gasteiger partial charge in [0.2, 0.25) is 5.88 Å². The van der Waals surface area contributed by atoms with Gasteiger partial charge in [0.25, 0.3) is 0 Å². The Hall–Kier alpha value is -0.570. The predicted molar refractivity (Wildman–Crippen MR) is 59.5 cm³/mol. The predicted octanol–water partition coefficient (Wildman–Crippen LogP) is 3.33. The maximum atomic E-state index is 5.72. The summed E-state index contributed by atoms with van der Waals surface area (Å²) in [6, 6.07) is 3.90. The van der Waals surface area contributed by atoms with Crippen LogP contribution in [0.15, 0.2) is 16.6 Å². The number of halogens is 1. The Morgan fingerprint density at radius 2 is 2.14 bits per heavy atom. The fourth-order valence-corrected chi connectivity index (χ4v) is 1.90. The Labute approximate surface area is 92.8 Å².